The fourth-order valence-corrected chi connectivity index (χ4v) is 4.29. The molecule has 6 nitrogen and oxygen atoms in total. The molecule has 0 unspecified atom stereocenters. The number of carboxylic acid groups (broad SMARTS) is 3. The first-order valence-electron chi connectivity index (χ1n) is 4.17. The average Bonchev–Trinajstić information content (AvgIpc) is 2.51. The van der Waals surface area contributed by atoms with Crippen molar-refractivity contribution in [1.29, 1.82) is 0 Å². The minimum absolute atomic E-state index is 0.0295. The first-order chi connectivity index (χ1) is 7.35. The second-order valence-electron chi connectivity index (χ2n) is 3.02. The first-order valence-corrected chi connectivity index (χ1v) is 6.53. The molecular weight excluding hydrogens is 259 g/mol. The van der Waals surface area contributed by atoms with E-state index in [2.05, 4.69) is 0 Å². The summed E-state index contributed by atoms with van der Waals surface area (Å²) in [5, 5.41) is 26.9. The van der Waals surface area contributed by atoms with E-state index in [9.17, 15) is 14.4 Å². The maximum absolute atomic E-state index is 11.1. The molecule has 0 amide bonds. The third kappa shape index (κ3) is 1.54. The maximum atomic E-state index is 11.1. The second-order valence-corrected chi connectivity index (χ2v) is 7.02. The van der Waals surface area contributed by atoms with Gasteiger partial charge < -0.3 is 0 Å². The van der Waals surface area contributed by atoms with Crippen molar-refractivity contribution < 1.29 is 42.5 Å². The Morgan fingerprint density at radius 3 is 1.81 bits per heavy atom. The first kappa shape index (κ1) is 12.5. The van der Waals surface area contributed by atoms with Crippen molar-refractivity contribution in [2.75, 3.05) is 0 Å². The zero-order chi connectivity index (χ0) is 12.5. The summed E-state index contributed by atoms with van der Waals surface area (Å²) in [5.41, 5.74) is 0.430. The Morgan fingerprint density at radius 1 is 1.12 bits per heavy atom. The Kier molecular flexibility index (Phi) is 3.21. The van der Waals surface area contributed by atoms with E-state index in [0.717, 1.165) is 0 Å². The van der Waals surface area contributed by atoms with Gasteiger partial charge in [0.1, 0.15) is 0 Å². The van der Waals surface area contributed by atoms with Gasteiger partial charge in [0.25, 0.3) is 0 Å². The predicted octanol–water partition coefficient (Wildman–Crippen LogP) is 2.41. The van der Waals surface area contributed by atoms with E-state index in [-0.39, 0.29) is 10.9 Å². The number of rotatable bonds is 4. The van der Waals surface area contributed by atoms with Crippen molar-refractivity contribution >= 4 is 14.6 Å². The number of hydrogen-bond acceptors (Lipinski definition) is 3. The van der Waals surface area contributed by atoms with Crippen LogP contribution >= 0.6 is 0 Å². The third-order valence-electron chi connectivity index (χ3n) is 2.16. The van der Waals surface area contributed by atoms with Crippen LogP contribution in [0.1, 0.15) is 13.3 Å². The molecule has 0 heterocycles. The van der Waals surface area contributed by atoms with Gasteiger partial charge in [-0.15, -0.1) is 0 Å². The Morgan fingerprint density at radius 2 is 1.56 bits per heavy atom. The second kappa shape index (κ2) is 4.11. The molecule has 0 fully saturated rings. The number of allylic oxidation sites excluding steroid dienone is 4. The predicted molar refractivity (Wildman–Crippen MR) is 50.5 cm³/mol. The van der Waals surface area contributed by atoms with Gasteiger partial charge in [-0.3, -0.25) is 0 Å². The molecule has 16 heavy (non-hydrogen) atoms. The summed E-state index contributed by atoms with van der Waals surface area (Å²) in [6, 6.07) is 0. The molecule has 1 aliphatic carbocycles. The topological polar surface area (TPSA) is 112 Å². The van der Waals surface area contributed by atoms with E-state index in [0.29, 0.717) is 5.57 Å². The molecule has 0 spiro atoms. The molecule has 0 aromatic heterocycles. The Balaban J connectivity index is 3.47. The molecule has 0 saturated heterocycles. The molecule has 0 saturated carbocycles. The summed E-state index contributed by atoms with van der Waals surface area (Å²) in [6.07, 6.45) is 3.21. The van der Waals surface area contributed by atoms with Gasteiger partial charge in [0, 0.05) is 0 Å². The van der Waals surface area contributed by atoms with Gasteiger partial charge in [-0.05, 0) is 0 Å². The minimum atomic E-state index is -4.61. The van der Waals surface area contributed by atoms with E-state index >= 15 is 0 Å². The van der Waals surface area contributed by atoms with Crippen LogP contribution in [0.15, 0.2) is 22.2 Å². The van der Waals surface area contributed by atoms with E-state index in [4.69, 9.17) is 15.3 Å². The summed E-state index contributed by atoms with van der Waals surface area (Å²) >= 11 is -4.61. The van der Waals surface area contributed by atoms with Crippen LogP contribution in [0.2, 0.25) is 0 Å². The molecule has 89 valence electrons. The normalized spacial score (nSPS) is 16.3. The molecule has 0 aliphatic heterocycles. The Hall–Kier alpha value is -1.59. The van der Waals surface area contributed by atoms with Crippen molar-refractivity contribution in [3.8, 4) is 0 Å². The average molecular weight is 269 g/mol. The van der Waals surface area contributed by atoms with Gasteiger partial charge in [-0.2, -0.15) is 0 Å². The van der Waals surface area contributed by atoms with Gasteiger partial charge in [-0.1, -0.05) is 0 Å². The molecule has 7 heteroatoms. The van der Waals surface area contributed by atoms with Crippen molar-refractivity contribution in [1.82, 2.24) is 0 Å². The van der Waals surface area contributed by atoms with Gasteiger partial charge in [0.2, 0.25) is 0 Å². The van der Waals surface area contributed by atoms with Crippen molar-refractivity contribution in [2.45, 2.75) is 13.3 Å². The molecule has 1 rings (SSSR count). The van der Waals surface area contributed by atoms with Crippen LogP contribution in [0.25, 0.3) is 0 Å². The molecular formula is C9H10MnO6. The van der Waals surface area contributed by atoms with Crippen LogP contribution in [0.4, 0.5) is 14.4 Å². The van der Waals surface area contributed by atoms with Gasteiger partial charge in [0.15, 0.2) is 0 Å². The molecule has 0 atom stereocenters. The van der Waals surface area contributed by atoms with Gasteiger partial charge in [-0.25, -0.2) is 0 Å². The Bertz CT molecular complexity index is 397. The van der Waals surface area contributed by atoms with Gasteiger partial charge >= 0.3 is 92.7 Å². The molecule has 0 bridgehead atoms. The Labute approximate surface area is 93.1 Å². The van der Waals surface area contributed by atoms with E-state index < -0.39 is 27.4 Å². The van der Waals surface area contributed by atoms with Crippen molar-refractivity contribution in [2.24, 2.45) is 0 Å². The summed E-state index contributed by atoms with van der Waals surface area (Å²) < 4.78 is 0.0295. The number of hydrogen-bond donors (Lipinski definition) is 3. The van der Waals surface area contributed by atoms with Crippen LogP contribution in [0, 0.1) is 0 Å². The quantitative estimate of drug-likeness (QED) is 0.675. The molecule has 3 N–H and O–H groups in total. The molecule has 0 aromatic carbocycles. The fraction of sp³-hybridized carbons (Fsp3) is 0.222. The number of carbonyl (C=O) groups is 3. The SMILES string of the molecule is CC1=[C]([Mn]([C](=O)O)([C](=O)O)[C](=O)O)CC=C1. The van der Waals surface area contributed by atoms with E-state index in [1.807, 2.05) is 0 Å². The summed E-state index contributed by atoms with van der Waals surface area (Å²) in [6.45, 7) is 1.52. The zero-order valence-electron chi connectivity index (χ0n) is 8.31. The molecule has 1 aliphatic rings. The fourth-order valence-electron chi connectivity index (χ4n) is 1.43. The van der Waals surface area contributed by atoms with Crippen molar-refractivity contribution in [3.63, 3.8) is 0 Å². The standard InChI is InChI=1S/C6H7.3CHO2.Mn/c1-6-4-2-3-5-6;3*2-1-3;/h2,4H,3H2,1H3;3*(H,2,3);. The van der Waals surface area contributed by atoms with Crippen LogP contribution < -0.4 is 0 Å². The summed E-state index contributed by atoms with van der Waals surface area (Å²) in [5.74, 6) is 0. The van der Waals surface area contributed by atoms with E-state index in [1.54, 1.807) is 12.2 Å². The molecule has 0 aromatic rings. The monoisotopic (exact) mass is 269 g/mol. The van der Waals surface area contributed by atoms with Crippen LogP contribution in [-0.2, 0) is 12.8 Å². The van der Waals surface area contributed by atoms with Crippen LogP contribution in [-0.4, -0.2) is 29.9 Å². The van der Waals surface area contributed by atoms with Gasteiger partial charge in [0.05, 0.1) is 0 Å². The van der Waals surface area contributed by atoms with Crippen molar-refractivity contribution in [3.05, 3.63) is 22.2 Å². The zero-order valence-corrected chi connectivity index (χ0v) is 9.49. The van der Waals surface area contributed by atoms with Crippen LogP contribution in [0.5, 0.6) is 0 Å². The third-order valence-corrected chi connectivity index (χ3v) is 6.21. The van der Waals surface area contributed by atoms with Crippen LogP contribution in [0.3, 0.4) is 0 Å². The summed E-state index contributed by atoms with van der Waals surface area (Å²) in [4.78, 5) is 28.0. The molecule has 0 radical (unpaired) electrons. The van der Waals surface area contributed by atoms with E-state index in [1.165, 1.54) is 6.92 Å². The summed E-state index contributed by atoms with van der Waals surface area (Å²) in [7, 11) is 0.